The molecule has 0 fully saturated rings. The van der Waals surface area contributed by atoms with Gasteiger partial charge in [-0.1, -0.05) is 0 Å². The largest absolute Gasteiger partial charge is 0.270 e. The fourth-order valence-electron chi connectivity index (χ4n) is 1.26. The fraction of sp³-hybridized carbons (Fsp3) is 0.250. The number of thiophene rings is 1. The van der Waals surface area contributed by atoms with Crippen LogP contribution in [0.15, 0.2) is 18.5 Å². The predicted molar refractivity (Wildman–Crippen MR) is 54.6 cm³/mol. The average Bonchev–Trinajstić information content (AvgIpc) is 2.79. The Bertz CT molecular complexity index is 394. The van der Waals surface area contributed by atoms with E-state index in [1.54, 1.807) is 11.3 Å². The van der Waals surface area contributed by atoms with Crippen molar-refractivity contribution in [3.8, 4) is 0 Å². The van der Waals surface area contributed by atoms with E-state index in [9.17, 15) is 0 Å². The maximum absolute atomic E-state index is 5.47. The number of hydrogen-bond acceptors (Lipinski definition) is 5. The van der Waals surface area contributed by atoms with Gasteiger partial charge in [-0.2, -0.15) is 5.10 Å². The molecule has 0 radical (unpaired) electrons. The van der Waals surface area contributed by atoms with Crippen molar-refractivity contribution in [2.24, 2.45) is 5.84 Å². The lowest BCUT2D eigenvalue weighted by atomic mass is 10.2. The zero-order valence-electron chi connectivity index (χ0n) is 7.69. The van der Waals surface area contributed by atoms with Gasteiger partial charge in [0.05, 0.1) is 0 Å². The second-order valence-electron chi connectivity index (χ2n) is 2.92. The van der Waals surface area contributed by atoms with Crippen molar-refractivity contribution < 1.29 is 0 Å². The number of nitrogens with two attached hydrogens (primary N) is 1. The summed E-state index contributed by atoms with van der Waals surface area (Å²) in [6.45, 7) is 2.06. The fourth-order valence-corrected chi connectivity index (χ4v) is 2.20. The smallest absolute Gasteiger partial charge is 0.148 e. The van der Waals surface area contributed by atoms with Gasteiger partial charge in [0, 0.05) is 9.75 Å². The zero-order chi connectivity index (χ0) is 9.97. The van der Waals surface area contributed by atoms with Gasteiger partial charge in [0.25, 0.3) is 0 Å². The monoisotopic (exact) mass is 209 g/mol. The Morgan fingerprint density at radius 2 is 2.43 bits per heavy atom. The van der Waals surface area contributed by atoms with Crippen molar-refractivity contribution in [1.82, 2.24) is 20.6 Å². The van der Waals surface area contributed by atoms with Gasteiger partial charge in [-0.15, -0.1) is 11.3 Å². The van der Waals surface area contributed by atoms with E-state index < -0.39 is 0 Å². The summed E-state index contributed by atoms with van der Waals surface area (Å²) in [5, 5.41) is 6.60. The van der Waals surface area contributed by atoms with Gasteiger partial charge in [0.1, 0.15) is 18.2 Å². The molecule has 0 bridgehead atoms. The molecule has 2 rings (SSSR count). The van der Waals surface area contributed by atoms with Crippen molar-refractivity contribution >= 4 is 11.3 Å². The number of hydrogen-bond donors (Lipinski definition) is 3. The number of nitrogens with zero attached hydrogens (tertiary/aromatic N) is 2. The number of hydrazine groups is 1. The maximum Gasteiger partial charge on any atom is 0.148 e. The van der Waals surface area contributed by atoms with Gasteiger partial charge in [-0.05, 0) is 19.1 Å². The normalized spacial score (nSPS) is 13.0. The summed E-state index contributed by atoms with van der Waals surface area (Å²) in [5.41, 5.74) is 2.71. The van der Waals surface area contributed by atoms with Gasteiger partial charge in [-0.3, -0.25) is 10.9 Å². The molecule has 0 aromatic carbocycles. The summed E-state index contributed by atoms with van der Waals surface area (Å²) in [6.07, 6.45) is 1.47. The maximum atomic E-state index is 5.47. The molecule has 2 aromatic rings. The highest BCUT2D eigenvalue weighted by atomic mass is 32.1. The van der Waals surface area contributed by atoms with Crippen molar-refractivity contribution in [2.45, 2.75) is 13.0 Å². The third-order valence-electron chi connectivity index (χ3n) is 1.92. The highest BCUT2D eigenvalue weighted by molar-refractivity contribution is 7.12. The van der Waals surface area contributed by atoms with E-state index >= 15 is 0 Å². The molecular weight excluding hydrogens is 198 g/mol. The molecule has 0 aliphatic rings. The molecule has 5 nitrogen and oxygen atoms in total. The van der Waals surface area contributed by atoms with Gasteiger partial charge in [-0.25, -0.2) is 10.4 Å². The van der Waals surface area contributed by atoms with E-state index in [0.717, 1.165) is 10.7 Å². The Balaban J connectivity index is 2.31. The standard InChI is InChI=1S/C8H11N5S/c1-5-2-3-6(14-5)7(12-9)8-10-4-11-13-8/h2-4,7,12H,9H2,1H3,(H,10,11,13). The molecule has 0 saturated heterocycles. The Kier molecular flexibility index (Phi) is 2.58. The second kappa shape index (κ2) is 3.87. The lowest BCUT2D eigenvalue weighted by molar-refractivity contribution is 0.613. The highest BCUT2D eigenvalue weighted by Gasteiger charge is 2.16. The van der Waals surface area contributed by atoms with Gasteiger partial charge >= 0.3 is 0 Å². The van der Waals surface area contributed by atoms with E-state index in [2.05, 4.69) is 33.6 Å². The first kappa shape index (κ1) is 9.32. The van der Waals surface area contributed by atoms with Gasteiger partial charge in [0.15, 0.2) is 0 Å². The molecule has 0 amide bonds. The van der Waals surface area contributed by atoms with Crippen LogP contribution in [0.4, 0.5) is 0 Å². The molecular formula is C8H11N5S. The van der Waals surface area contributed by atoms with Crippen LogP contribution >= 0.6 is 11.3 Å². The number of aryl methyl sites for hydroxylation is 1. The van der Waals surface area contributed by atoms with Gasteiger partial charge in [0.2, 0.25) is 0 Å². The van der Waals surface area contributed by atoms with E-state index in [1.807, 2.05) is 6.07 Å². The van der Waals surface area contributed by atoms with Crippen LogP contribution in [-0.4, -0.2) is 15.2 Å². The summed E-state index contributed by atoms with van der Waals surface area (Å²) < 4.78 is 0. The van der Waals surface area contributed by atoms with Crippen LogP contribution < -0.4 is 11.3 Å². The Labute approximate surface area is 85.3 Å². The molecule has 2 aromatic heterocycles. The highest BCUT2D eigenvalue weighted by Crippen LogP contribution is 2.25. The topological polar surface area (TPSA) is 79.6 Å². The number of nitrogens with one attached hydrogen (secondary N) is 2. The first-order chi connectivity index (χ1) is 6.81. The third-order valence-corrected chi connectivity index (χ3v) is 2.98. The molecule has 74 valence electrons. The summed E-state index contributed by atoms with van der Waals surface area (Å²) in [7, 11) is 0. The second-order valence-corrected chi connectivity index (χ2v) is 4.24. The first-order valence-corrected chi connectivity index (χ1v) is 5.00. The van der Waals surface area contributed by atoms with Crippen LogP contribution in [0, 0.1) is 6.92 Å². The summed E-state index contributed by atoms with van der Waals surface area (Å²) >= 11 is 1.69. The molecule has 1 atom stereocenters. The van der Waals surface area contributed by atoms with Crippen LogP contribution in [0.2, 0.25) is 0 Å². The van der Waals surface area contributed by atoms with E-state index in [0.29, 0.717) is 0 Å². The summed E-state index contributed by atoms with van der Waals surface area (Å²) in [6, 6.07) is 3.99. The van der Waals surface area contributed by atoms with Crippen LogP contribution in [-0.2, 0) is 0 Å². The SMILES string of the molecule is Cc1ccc(C(NN)c2ncn[nH]2)s1. The van der Waals surface area contributed by atoms with Crippen LogP contribution in [0.25, 0.3) is 0 Å². The third kappa shape index (κ3) is 1.67. The molecule has 0 aliphatic heterocycles. The molecule has 2 heterocycles. The minimum atomic E-state index is -0.101. The molecule has 0 saturated carbocycles. The molecule has 14 heavy (non-hydrogen) atoms. The predicted octanol–water partition coefficient (Wildman–Crippen LogP) is 0.727. The Hall–Kier alpha value is -1.24. The number of aromatic amines is 1. The first-order valence-electron chi connectivity index (χ1n) is 4.19. The number of aromatic nitrogens is 3. The molecule has 0 aliphatic carbocycles. The average molecular weight is 209 g/mol. The van der Waals surface area contributed by atoms with Crippen LogP contribution in [0.5, 0.6) is 0 Å². The summed E-state index contributed by atoms with van der Waals surface area (Å²) in [5.74, 6) is 6.21. The van der Waals surface area contributed by atoms with Crippen molar-refractivity contribution in [1.29, 1.82) is 0 Å². The van der Waals surface area contributed by atoms with Crippen molar-refractivity contribution in [2.75, 3.05) is 0 Å². The van der Waals surface area contributed by atoms with E-state index in [4.69, 9.17) is 5.84 Å². The lowest BCUT2D eigenvalue weighted by Gasteiger charge is -2.09. The number of rotatable bonds is 3. The zero-order valence-corrected chi connectivity index (χ0v) is 8.51. The van der Waals surface area contributed by atoms with Crippen molar-refractivity contribution in [3.63, 3.8) is 0 Å². The van der Waals surface area contributed by atoms with Gasteiger partial charge < -0.3 is 0 Å². The number of H-pyrrole nitrogens is 1. The Morgan fingerprint density at radius 1 is 1.57 bits per heavy atom. The molecule has 4 N–H and O–H groups in total. The Morgan fingerprint density at radius 3 is 2.93 bits per heavy atom. The molecule has 1 unspecified atom stereocenters. The van der Waals surface area contributed by atoms with Crippen LogP contribution in [0.1, 0.15) is 21.6 Å². The van der Waals surface area contributed by atoms with Crippen LogP contribution in [0.3, 0.4) is 0 Å². The van der Waals surface area contributed by atoms with Crippen molar-refractivity contribution in [3.05, 3.63) is 34.0 Å². The molecule has 0 spiro atoms. The summed E-state index contributed by atoms with van der Waals surface area (Å²) in [4.78, 5) is 6.45. The minimum absolute atomic E-state index is 0.101. The minimum Gasteiger partial charge on any atom is -0.270 e. The lowest BCUT2D eigenvalue weighted by Crippen LogP contribution is -2.29. The molecule has 6 heteroatoms. The quantitative estimate of drug-likeness (QED) is 0.514. The van der Waals surface area contributed by atoms with E-state index in [-0.39, 0.29) is 6.04 Å². The van der Waals surface area contributed by atoms with E-state index in [1.165, 1.54) is 11.2 Å².